The molecule has 0 unspecified atom stereocenters. The Morgan fingerprint density at radius 3 is 2.65 bits per heavy atom. The standard InChI is InChI=1S/C20H22N2O3S/c1-14(2)26(23,24)22-19-9-15-7-8-20(11-18(15)10-19)25-13-17-6-4-3-5-16(17)12-21/h3-8,11,14,19,22H,9-10,13H2,1-2H3/t19-/m0/s1. The number of sulfonamides is 1. The maximum atomic E-state index is 12.1. The molecule has 0 aliphatic heterocycles. The van der Waals surface area contributed by atoms with E-state index in [2.05, 4.69) is 10.8 Å². The Hall–Kier alpha value is -2.36. The number of ether oxygens (including phenoxy) is 1. The van der Waals surface area contributed by atoms with Crippen LogP contribution in [0.5, 0.6) is 5.75 Å². The summed E-state index contributed by atoms with van der Waals surface area (Å²) in [6.45, 7) is 3.68. The van der Waals surface area contributed by atoms with Crippen molar-refractivity contribution in [3.8, 4) is 11.8 Å². The number of nitriles is 1. The highest BCUT2D eigenvalue weighted by Gasteiger charge is 2.27. The molecule has 0 aromatic heterocycles. The first kappa shape index (κ1) is 18.4. The van der Waals surface area contributed by atoms with E-state index < -0.39 is 15.3 Å². The van der Waals surface area contributed by atoms with Crippen molar-refractivity contribution in [2.24, 2.45) is 0 Å². The minimum Gasteiger partial charge on any atom is -0.489 e. The zero-order chi connectivity index (χ0) is 18.7. The Morgan fingerprint density at radius 1 is 1.19 bits per heavy atom. The van der Waals surface area contributed by atoms with Crippen molar-refractivity contribution in [3.05, 3.63) is 64.7 Å². The first-order valence-corrected chi connectivity index (χ1v) is 10.2. The summed E-state index contributed by atoms with van der Waals surface area (Å²) in [4.78, 5) is 0. The quantitative estimate of drug-likeness (QED) is 0.848. The van der Waals surface area contributed by atoms with Crippen molar-refractivity contribution >= 4 is 10.0 Å². The largest absolute Gasteiger partial charge is 0.489 e. The van der Waals surface area contributed by atoms with Gasteiger partial charge in [-0.15, -0.1) is 0 Å². The third kappa shape index (κ3) is 4.06. The highest BCUT2D eigenvalue weighted by molar-refractivity contribution is 7.90. The molecule has 0 radical (unpaired) electrons. The predicted molar refractivity (Wildman–Crippen MR) is 100 cm³/mol. The molecule has 0 saturated heterocycles. The summed E-state index contributed by atoms with van der Waals surface area (Å²) in [6.07, 6.45) is 1.35. The van der Waals surface area contributed by atoms with Gasteiger partial charge in [0.25, 0.3) is 0 Å². The molecule has 6 heteroatoms. The lowest BCUT2D eigenvalue weighted by Gasteiger charge is -2.14. The van der Waals surface area contributed by atoms with E-state index in [4.69, 9.17) is 10.00 Å². The lowest BCUT2D eigenvalue weighted by molar-refractivity contribution is 0.305. The van der Waals surface area contributed by atoms with Crippen molar-refractivity contribution in [3.63, 3.8) is 0 Å². The molecule has 0 bridgehead atoms. The van der Waals surface area contributed by atoms with Gasteiger partial charge in [-0.2, -0.15) is 5.26 Å². The van der Waals surface area contributed by atoms with Gasteiger partial charge in [-0.1, -0.05) is 24.3 Å². The third-order valence-corrected chi connectivity index (χ3v) is 6.50. The molecule has 3 rings (SSSR count). The van der Waals surface area contributed by atoms with Gasteiger partial charge in [0.2, 0.25) is 10.0 Å². The van der Waals surface area contributed by atoms with Crippen molar-refractivity contribution in [1.82, 2.24) is 4.72 Å². The Kier molecular flexibility index (Phi) is 5.30. The van der Waals surface area contributed by atoms with E-state index in [1.807, 2.05) is 36.4 Å². The van der Waals surface area contributed by atoms with Gasteiger partial charge in [-0.05, 0) is 56.0 Å². The second-order valence-electron chi connectivity index (χ2n) is 6.80. The summed E-state index contributed by atoms with van der Waals surface area (Å²) in [5.74, 6) is 0.726. The number of rotatable bonds is 6. The number of fused-ring (bicyclic) bond motifs is 1. The van der Waals surface area contributed by atoms with Crippen molar-refractivity contribution < 1.29 is 13.2 Å². The Labute approximate surface area is 154 Å². The van der Waals surface area contributed by atoms with Gasteiger partial charge in [0.15, 0.2) is 0 Å². The predicted octanol–water partition coefficient (Wildman–Crippen LogP) is 2.93. The maximum absolute atomic E-state index is 12.1. The van der Waals surface area contributed by atoms with Crippen molar-refractivity contribution in [2.75, 3.05) is 0 Å². The van der Waals surface area contributed by atoms with Gasteiger partial charge >= 0.3 is 0 Å². The van der Waals surface area contributed by atoms with Crippen LogP contribution in [0, 0.1) is 11.3 Å². The fraction of sp³-hybridized carbons (Fsp3) is 0.350. The van der Waals surface area contributed by atoms with Gasteiger partial charge in [0, 0.05) is 11.6 Å². The van der Waals surface area contributed by atoms with Gasteiger partial charge in [-0.25, -0.2) is 13.1 Å². The zero-order valence-corrected chi connectivity index (χ0v) is 15.7. The normalized spacial score (nSPS) is 16.3. The molecule has 1 N–H and O–H groups in total. The summed E-state index contributed by atoms with van der Waals surface area (Å²) < 4.78 is 32.8. The van der Waals surface area contributed by atoms with Crippen LogP contribution in [0.3, 0.4) is 0 Å². The molecule has 0 spiro atoms. The average Bonchev–Trinajstić information content (AvgIpc) is 3.00. The number of hydrogen-bond acceptors (Lipinski definition) is 4. The van der Waals surface area contributed by atoms with Crippen LogP contribution >= 0.6 is 0 Å². The second-order valence-corrected chi connectivity index (χ2v) is 9.07. The van der Waals surface area contributed by atoms with Crippen LogP contribution in [0.1, 0.15) is 36.1 Å². The number of benzene rings is 2. The molecule has 0 amide bonds. The Bertz CT molecular complexity index is 946. The molecule has 0 saturated carbocycles. The first-order chi connectivity index (χ1) is 12.4. The van der Waals surface area contributed by atoms with Gasteiger partial charge in [-0.3, -0.25) is 0 Å². The van der Waals surface area contributed by atoms with E-state index in [0.29, 0.717) is 25.0 Å². The summed E-state index contributed by atoms with van der Waals surface area (Å²) in [6, 6.07) is 15.3. The van der Waals surface area contributed by atoms with Crippen molar-refractivity contribution in [2.45, 2.75) is 44.6 Å². The van der Waals surface area contributed by atoms with Crippen LogP contribution in [0.15, 0.2) is 42.5 Å². The third-order valence-electron chi connectivity index (χ3n) is 4.59. The molecule has 2 aromatic rings. The zero-order valence-electron chi connectivity index (χ0n) is 14.9. The Balaban J connectivity index is 1.67. The molecular weight excluding hydrogens is 348 g/mol. The lowest BCUT2D eigenvalue weighted by Crippen LogP contribution is -2.39. The fourth-order valence-corrected chi connectivity index (χ4v) is 3.96. The SMILES string of the molecule is CC(C)S(=O)(=O)N[C@H]1Cc2ccc(OCc3ccccc3C#N)cc2C1. The number of nitrogens with one attached hydrogen (secondary N) is 1. The van der Waals surface area contributed by atoms with E-state index in [1.54, 1.807) is 19.9 Å². The molecule has 1 aliphatic carbocycles. The van der Waals surface area contributed by atoms with Crippen LogP contribution in [0.4, 0.5) is 0 Å². The molecule has 26 heavy (non-hydrogen) atoms. The summed E-state index contributed by atoms with van der Waals surface area (Å²) in [5.41, 5.74) is 3.70. The molecule has 1 atom stereocenters. The smallest absolute Gasteiger partial charge is 0.214 e. The second kappa shape index (κ2) is 7.48. The van der Waals surface area contributed by atoms with E-state index in [9.17, 15) is 8.42 Å². The molecule has 0 fully saturated rings. The highest BCUT2D eigenvalue weighted by Crippen LogP contribution is 2.27. The van der Waals surface area contributed by atoms with E-state index >= 15 is 0 Å². The maximum Gasteiger partial charge on any atom is 0.214 e. The highest BCUT2D eigenvalue weighted by atomic mass is 32.2. The van der Waals surface area contributed by atoms with Crippen LogP contribution < -0.4 is 9.46 Å². The summed E-state index contributed by atoms with van der Waals surface area (Å²) in [7, 11) is -3.28. The van der Waals surface area contributed by atoms with Crippen LogP contribution in [0.25, 0.3) is 0 Å². The molecule has 0 heterocycles. The molecule has 1 aliphatic rings. The molecule has 2 aromatic carbocycles. The van der Waals surface area contributed by atoms with Crippen LogP contribution in [-0.2, 0) is 29.5 Å². The van der Waals surface area contributed by atoms with Crippen LogP contribution in [-0.4, -0.2) is 19.7 Å². The first-order valence-electron chi connectivity index (χ1n) is 8.63. The van der Waals surface area contributed by atoms with E-state index in [0.717, 1.165) is 22.4 Å². The minimum absolute atomic E-state index is 0.105. The minimum atomic E-state index is -3.28. The average molecular weight is 370 g/mol. The lowest BCUT2D eigenvalue weighted by atomic mass is 10.1. The number of hydrogen-bond donors (Lipinski definition) is 1. The van der Waals surface area contributed by atoms with E-state index in [-0.39, 0.29) is 6.04 Å². The topological polar surface area (TPSA) is 79.2 Å². The molecule has 5 nitrogen and oxygen atoms in total. The van der Waals surface area contributed by atoms with Gasteiger partial charge in [0.1, 0.15) is 12.4 Å². The summed E-state index contributed by atoms with van der Waals surface area (Å²) >= 11 is 0. The summed E-state index contributed by atoms with van der Waals surface area (Å²) in [5, 5.41) is 8.70. The molecule has 136 valence electrons. The molecular formula is C20H22N2O3S. The van der Waals surface area contributed by atoms with Gasteiger partial charge in [0.05, 0.1) is 16.9 Å². The number of nitrogens with zero attached hydrogens (tertiary/aromatic N) is 1. The Morgan fingerprint density at radius 2 is 1.92 bits per heavy atom. The van der Waals surface area contributed by atoms with Crippen molar-refractivity contribution in [1.29, 1.82) is 5.26 Å². The van der Waals surface area contributed by atoms with Crippen LogP contribution in [0.2, 0.25) is 0 Å². The monoisotopic (exact) mass is 370 g/mol. The van der Waals surface area contributed by atoms with E-state index in [1.165, 1.54) is 0 Å². The van der Waals surface area contributed by atoms with Gasteiger partial charge < -0.3 is 4.74 Å². The fourth-order valence-electron chi connectivity index (χ4n) is 3.05.